The summed E-state index contributed by atoms with van der Waals surface area (Å²) in [5.41, 5.74) is 0.694. The fourth-order valence-electron chi connectivity index (χ4n) is 2.58. The highest BCUT2D eigenvalue weighted by molar-refractivity contribution is 7.07. The molecule has 0 saturated carbocycles. The second kappa shape index (κ2) is 6.78. The highest BCUT2D eigenvalue weighted by atomic mass is 32.1. The van der Waals surface area contributed by atoms with Crippen LogP contribution in [0, 0.1) is 12.8 Å². The van der Waals surface area contributed by atoms with E-state index in [0.29, 0.717) is 23.0 Å². The zero-order valence-electron chi connectivity index (χ0n) is 12.4. The van der Waals surface area contributed by atoms with Gasteiger partial charge in [-0.1, -0.05) is 4.49 Å². The Bertz CT molecular complexity index is 623. The van der Waals surface area contributed by atoms with Crippen LogP contribution in [-0.2, 0) is 0 Å². The minimum absolute atomic E-state index is 0.0659. The van der Waals surface area contributed by atoms with Gasteiger partial charge in [-0.2, -0.15) is 0 Å². The molecule has 1 aliphatic heterocycles. The molecule has 3 rings (SSSR count). The molecule has 8 heteroatoms. The van der Waals surface area contributed by atoms with Crippen molar-refractivity contribution in [3.63, 3.8) is 0 Å². The molecule has 1 saturated heterocycles. The van der Waals surface area contributed by atoms with Gasteiger partial charge in [-0.3, -0.25) is 9.78 Å². The van der Waals surface area contributed by atoms with Gasteiger partial charge in [0.2, 0.25) is 0 Å². The van der Waals surface area contributed by atoms with Crippen molar-refractivity contribution in [1.82, 2.24) is 24.9 Å². The van der Waals surface area contributed by atoms with Gasteiger partial charge in [0.15, 0.2) is 0 Å². The Morgan fingerprint density at radius 1 is 1.41 bits per heavy atom. The minimum atomic E-state index is -0.0659. The molecule has 0 radical (unpaired) electrons. The third kappa shape index (κ3) is 3.38. The molecule has 1 aliphatic rings. The molecule has 0 bridgehead atoms. The summed E-state index contributed by atoms with van der Waals surface area (Å²) in [5, 5.41) is 6.86. The lowest BCUT2D eigenvalue weighted by atomic mass is 9.97. The van der Waals surface area contributed by atoms with Crippen LogP contribution in [0.5, 0.6) is 0 Å². The minimum Gasteiger partial charge on any atom is -0.355 e. The molecule has 0 unspecified atom stereocenters. The molecule has 0 aromatic carbocycles. The molecule has 1 amide bonds. The Labute approximate surface area is 133 Å². The fourth-order valence-corrected chi connectivity index (χ4v) is 3.15. The Morgan fingerprint density at radius 3 is 2.86 bits per heavy atom. The monoisotopic (exact) mass is 318 g/mol. The van der Waals surface area contributed by atoms with Gasteiger partial charge in [0, 0.05) is 32.0 Å². The summed E-state index contributed by atoms with van der Waals surface area (Å²) in [5.74, 6) is 1.36. The first kappa shape index (κ1) is 14.8. The number of nitrogens with one attached hydrogen (secondary N) is 1. The lowest BCUT2D eigenvalue weighted by Crippen LogP contribution is -2.39. The maximum atomic E-state index is 12.0. The predicted octanol–water partition coefficient (Wildman–Crippen LogP) is 1.28. The molecule has 3 heterocycles. The van der Waals surface area contributed by atoms with Crippen LogP contribution in [0.25, 0.3) is 0 Å². The Balaban J connectivity index is 1.46. The number of aromatic nitrogens is 4. The third-order valence-electron chi connectivity index (χ3n) is 3.90. The van der Waals surface area contributed by atoms with E-state index in [1.54, 1.807) is 25.5 Å². The van der Waals surface area contributed by atoms with Gasteiger partial charge in [-0.25, -0.2) is 4.98 Å². The molecule has 2 aromatic heterocycles. The highest BCUT2D eigenvalue weighted by Crippen LogP contribution is 2.20. The lowest BCUT2D eigenvalue weighted by molar-refractivity contribution is 0.0948. The van der Waals surface area contributed by atoms with Crippen LogP contribution >= 0.6 is 11.5 Å². The van der Waals surface area contributed by atoms with Crippen LogP contribution in [0.4, 0.5) is 5.82 Å². The van der Waals surface area contributed by atoms with Crippen molar-refractivity contribution in [2.75, 3.05) is 24.5 Å². The van der Waals surface area contributed by atoms with Gasteiger partial charge in [-0.05, 0) is 37.2 Å². The topological polar surface area (TPSA) is 83.9 Å². The summed E-state index contributed by atoms with van der Waals surface area (Å²) in [6, 6.07) is 0. The molecule has 116 valence electrons. The van der Waals surface area contributed by atoms with E-state index >= 15 is 0 Å². The molecule has 0 spiro atoms. The first-order valence-electron chi connectivity index (χ1n) is 7.32. The van der Waals surface area contributed by atoms with E-state index in [0.717, 1.165) is 43.3 Å². The number of rotatable bonds is 4. The molecule has 1 N–H and O–H groups in total. The average molecular weight is 318 g/mol. The smallest absolute Gasteiger partial charge is 0.264 e. The van der Waals surface area contributed by atoms with Crippen LogP contribution < -0.4 is 10.2 Å². The van der Waals surface area contributed by atoms with Crippen molar-refractivity contribution in [3.8, 4) is 0 Å². The second-order valence-electron chi connectivity index (χ2n) is 5.39. The lowest BCUT2D eigenvalue weighted by Gasteiger charge is -2.32. The SMILES string of the molecule is Cc1nnsc1C(=O)NCC1CCN(c2cnccn2)CC1. The van der Waals surface area contributed by atoms with Gasteiger partial charge in [0.05, 0.1) is 11.9 Å². The number of carbonyl (C=O) groups excluding carboxylic acids is 1. The van der Waals surface area contributed by atoms with Crippen molar-refractivity contribution in [1.29, 1.82) is 0 Å². The van der Waals surface area contributed by atoms with Crippen LogP contribution in [-0.4, -0.2) is 45.1 Å². The van der Waals surface area contributed by atoms with Crippen molar-refractivity contribution >= 4 is 23.3 Å². The second-order valence-corrected chi connectivity index (χ2v) is 6.15. The number of piperidine rings is 1. The quantitative estimate of drug-likeness (QED) is 0.914. The molecule has 7 nitrogen and oxygen atoms in total. The maximum Gasteiger partial charge on any atom is 0.264 e. The van der Waals surface area contributed by atoms with E-state index in [9.17, 15) is 4.79 Å². The van der Waals surface area contributed by atoms with E-state index in [2.05, 4.69) is 29.8 Å². The largest absolute Gasteiger partial charge is 0.355 e. The first-order valence-corrected chi connectivity index (χ1v) is 8.09. The maximum absolute atomic E-state index is 12.0. The number of anilines is 1. The van der Waals surface area contributed by atoms with Crippen molar-refractivity contribution in [2.45, 2.75) is 19.8 Å². The van der Waals surface area contributed by atoms with Gasteiger partial charge in [-0.15, -0.1) is 5.10 Å². The zero-order chi connectivity index (χ0) is 15.4. The first-order chi connectivity index (χ1) is 10.7. The van der Waals surface area contributed by atoms with Gasteiger partial charge >= 0.3 is 0 Å². The van der Waals surface area contributed by atoms with Gasteiger partial charge in [0.25, 0.3) is 5.91 Å². The summed E-state index contributed by atoms with van der Waals surface area (Å²) in [4.78, 5) is 23.3. The zero-order valence-corrected chi connectivity index (χ0v) is 13.2. The molecular formula is C14H18N6OS. The van der Waals surface area contributed by atoms with E-state index in [4.69, 9.17) is 0 Å². The van der Waals surface area contributed by atoms with E-state index in [1.807, 2.05) is 0 Å². The summed E-state index contributed by atoms with van der Waals surface area (Å²) in [6.07, 6.45) is 7.27. The van der Waals surface area contributed by atoms with Crippen LogP contribution in [0.15, 0.2) is 18.6 Å². The van der Waals surface area contributed by atoms with Gasteiger partial charge in [0.1, 0.15) is 10.7 Å². The highest BCUT2D eigenvalue weighted by Gasteiger charge is 2.21. The van der Waals surface area contributed by atoms with E-state index in [-0.39, 0.29) is 5.91 Å². The molecule has 0 atom stereocenters. The van der Waals surface area contributed by atoms with Crippen LogP contribution in [0.2, 0.25) is 0 Å². The average Bonchev–Trinajstić information content (AvgIpc) is 3.00. The van der Waals surface area contributed by atoms with Gasteiger partial charge < -0.3 is 10.2 Å². The van der Waals surface area contributed by atoms with Crippen molar-refractivity contribution < 1.29 is 4.79 Å². The normalized spacial score (nSPS) is 15.8. The third-order valence-corrected chi connectivity index (χ3v) is 4.72. The molecule has 2 aromatic rings. The standard InChI is InChI=1S/C14H18N6OS/c1-10-13(22-19-18-10)14(21)17-8-11-2-6-20(7-3-11)12-9-15-4-5-16-12/h4-5,9,11H,2-3,6-8H2,1H3,(H,17,21). The molecule has 1 fully saturated rings. The number of aryl methyl sites for hydroxylation is 1. The number of amides is 1. The molecular weight excluding hydrogens is 300 g/mol. The Hall–Kier alpha value is -2.09. The number of hydrogen-bond donors (Lipinski definition) is 1. The number of hydrogen-bond acceptors (Lipinski definition) is 7. The Kier molecular flexibility index (Phi) is 4.57. The fraction of sp³-hybridized carbons (Fsp3) is 0.500. The summed E-state index contributed by atoms with van der Waals surface area (Å²) in [7, 11) is 0. The summed E-state index contributed by atoms with van der Waals surface area (Å²) in [6.45, 7) is 4.39. The summed E-state index contributed by atoms with van der Waals surface area (Å²) >= 11 is 1.15. The van der Waals surface area contributed by atoms with Crippen molar-refractivity contribution in [3.05, 3.63) is 29.2 Å². The number of carbonyl (C=O) groups is 1. The van der Waals surface area contributed by atoms with Crippen molar-refractivity contribution in [2.24, 2.45) is 5.92 Å². The number of nitrogens with zero attached hydrogens (tertiary/aromatic N) is 5. The van der Waals surface area contributed by atoms with E-state index in [1.165, 1.54) is 0 Å². The molecule has 0 aliphatic carbocycles. The van der Waals surface area contributed by atoms with Crippen LogP contribution in [0.1, 0.15) is 28.2 Å². The summed E-state index contributed by atoms with van der Waals surface area (Å²) < 4.78 is 3.79. The van der Waals surface area contributed by atoms with Crippen LogP contribution in [0.3, 0.4) is 0 Å². The van der Waals surface area contributed by atoms with E-state index < -0.39 is 0 Å². The molecule has 22 heavy (non-hydrogen) atoms. The Morgan fingerprint density at radius 2 is 2.23 bits per heavy atom. The predicted molar refractivity (Wildman–Crippen MR) is 83.9 cm³/mol.